The second-order valence-electron chi connectivity index (χ2n) is 3.93. The summed E-state index contributed by atoms with van der Waals surface area (Å²) in [4.78, 5) is 6.60. The van der Waals surface area contributed by atoms with Crippen LogP contribution in [0.4, 0.5) is 5.69 Å². The molecule has 0 amide bonds. The highest BCUT2D eigenvalue weighted by Gasteiger charge is 2.17. The van der Waals surface area contributed by atoms with Gasteiger partial charge in [0, 0.05) is 23.8 Å². The maximum absolute atomic E-state index is 5.68. The second kappa shape index (κ2) is 6.21. The zero-order chi connectivity index (χ0) is 12.1. The van der Waals surface area contributed by atoms with Gasteiger partial charge in [-0.2, -0.15) is 0 Å². The van der Waals surface area contributed by atoms with Gasteiger partial charge in [0.05, 0.1) is 19.8 Å². The Hall–Kier alpha value is -0.810. The van der Waals surface area contributed by atoms with Crippen molar-refractivity contribution in [3.63, 3.8) is 0 Å². The Morgan fingerprint density at radius 3 is 2.94 bits per heavy atom. The lowest BCUT2D eigenvalue weighted by Gasteiger charge is -2.29. The van der Waals surface area contributed by atoms with E-state index in [4.69, 9.17) is 9.47 Å². The molecule has 1 fully saturated rings. The van der Waals surface area contributed by atoms with E-state index in [9.17, 15) is 0 Å². The summed E-state index contributed by atoms with van der Waals surface area (Å²) in [6.45, 7) is 6.10. The lowest BCUT2D eigenvalue weighted by atomic mass is 10.3. The fourth-order valence-electron chi connectivity index (χ4n) is 1.76. The largest absolute Gasteiger partial charge is 0.476 e. The van der Waals surface area contributed by atoms with Gasteiger partial charge in [-0.3, -0.25) is 0 Å². The summed E-state index contributed by atoms with van der Waals surface area (Å²) < 4.78 is 12.0. The van der Waals surface area contributed by atoms with Crippen LogP contribution in [0.2, 0.25) is 0 Å². The first-order valence-electron chi connectivity index (χ1n) is 5.92. The average molecular weight is 301 g/mol. The average Bonchev–Trinajstić information content (AvgIpc) is 2.38. The zero-order valence-electron chi connectivity index (χ0n) is 9.99. The number of halogens is 1. The van der Waals surface area contributed by atoms with Crippen molar-refractivity contribution in [1.82, 2.24) is 4.98 Å². The molecule has 0 spiro atoms. The predicted octanol–water partition coefficient (Wildman–Crippen LogP) is 2.47. The van der Waals surface area contributed by atoms with Gasteiger partial charge in [0.1, 0.15) is 5.69 Å². The van der Waals surface area contributed by atoms with Crippen molar-refractivity contribution in [3.8, 4) is 5.88 Å². The van der Waals surface area contributed by atoms with Gasteiger partial charge in [-0.05, 0) is 28.4 Å². The van der Waals surface area contributed by atoms with Crippen LogP contribution >= 0.6 is 15.9 Å². The van der Waals surface area contributed by atoms with Gasteiger partial charge in [-0.1, -0.05) is 6.92 Å². The molecule has 0 aromatic carbocycles. The molecule has 94 valence electrons. The van der Waals surface area contributed by atoms with Crippen LogP contribution < -0.4 is 9.64 Å². The van der Waals surface area contributed by atoms with Gasteiger partial charge in [0.2, 0.25) is 5.88 Å². The van der Waals surface area contributed by atoms with Crippen LogP contribution in [0.3, 0.4) is 0 Å². The molecule has 17 heavy (non-hydrogen) atoms. The number of hydrogen-bond acceptors (Lipinski definition) is 4. The fraction of sp³-hybridized carbons (Fsp3) is 0.583. The summed E-state index contributed by atoms with van der Waals surface area (Å²) >= 11 is 3.46. The molecule has 1 aliphatic rings. The maximum Gasteiger partial charge on any atom is 0.237 e. The number of ether oxygens (including phenoxy) is 2. The molecule has 1 aliphatic heterocycles. The first kappa shape index (κ1) is 12.6. The Labute approximate surface area is 110 Å². The third kappa shape index (κ3) is 3.33. The normalized spacial score (nSPS) is 16.0. The molecule has 0 aliphatic carbocycles. The molecule has 0 bridgehead atoms. The number of pyridine rings is 1. The van der Waals surface area contributed by atoms with Crippen LogP contribution in [0.5, 0.6) is 5.88 Å². The molecular weight excluding hydrogens is 284 g/mol. The number of aromatic nitrogens is 1. The van der Waals surface area contributed by atoms with E-state index in [0.29, 0.717) is 6.61 Å². The van der Waals surface area contributed by atoms with Crippen LogP contribution in [0, 0.1) is 0 Å². The molecule has 4 nitrogen and oxygen atoms in total. The van der Waals surface area contributed by atoms with Gasteiger partial charge in [0.15, 0.2) is 0 Å². The molecule has 0 radical (unpaired) electrons. The van der Waals surface area contributed by atoms with Crippen molar-refractivity contribution in [1.29, 1.82) is 0 Å². The quantitative estimate of drug-likeness (QED) is 0.855. The van der Waals surface area contributed by atoms with E-state index in [1.165, 1.54) is 0 Å². The van der Waals surface area contributed by atoms with E-state index in [2.05, 4.69) is 38.8 Å². The van der Waals surface area contributed by atoms with Gasteiger partial charge in [-0.25, -0.2) is 4.98 Å². The van der Waals surface area contributed by atoms with Gasteiger partial charge in [-0.15, -0.1) is 0 Å². The van der Waals surface area contributed by atoms with E-state index in [1.54, 1.807) is 6.20 Å². The smallest absolute Gasteiger partial charge is 0.237 e. The first-order valence-corrected chi connectivity index (χ1v) is 6.71. The van der Waals surface area contributed by atoms with Crippen molar-refractivity contribution in [2.24, 2.45) is 0 Å². The summed E-state index contributed by atoms with van der Waals surface area (Å²) in [5, 5.41) is 0. The highest BCUT2D eigenvalue weighted by Crippen LogP contribution is 2.29. The summed E-state index contributed by atoms with van der Waals surface area (Å²) in [5.74, 6) is 0.719. The van der Waals surface area contributed by atoms with Crippen LogP contribution in [0.1, 0.15) is 13.3 Å². The molecule has 0 atom stereocenters. The number of rotatable bonds is 4. The molecule has 1 saturated heterocycles. The second-order valence-corrected chi connectivity index (χ2v) is 4.84. The number of morpholine rings is 1. The molecule has 2 heterocycles. The van der Waals surface area contributed by atoms with Crippen molar-refractivity contribution < 1.29 is 9.47 Å². The van der Waals surface area contributed by atoms with Crippen LogP contribution in [-0.4, -0.2) is 37.9 Å². The van der Waals surface area contributed by atoms with E-state index < -0.39 is 0 Å². The van der Waals surface area contributed by atoms with Crippen LogP contribution in [0.15, 0.2) is 16.7 Å². The molecule has 0 saturated carbocycles. The number of anilines is 1. The van der Waals surface area contributed by atoms with E-state index in [-0.39, 0.29) is 0 Å². The third-order valence-electron chi connectivity index (χ3n) is 2.59. The number of nitrogens with zero attached hydrogens (tertiary/aromatic N) is 2. The van der Waals surface area contributed by atoms with Crippen molar-refractivity contribution in [2.45, 2.75) is 13.3 Å². The topological polar surface area (TPSA) is 34.6 Å². The third-order valence-corrected chi connectivity index (χ3v) is 3.03. The summed E-state index contributed by atoms with van der Waals surface area (Å²) in [6, 6.07) is 2.06. The Bertz CT molecular complexity index is 368. The molecule has 0 unspecified atom stereocenters. The highest BCUT2D eigenvalue weighted by atomic mass is 79.9. The van der Waals surface area contributed by atoms with Gasteiger partial charge >= 0.3 is 0 Å². The summed E-state index contributed by atoms with van der Waals surface area (Å²) in [5.41, 5.74) is 1.05. The molecule has 0 N–H and O–H groups in total. The number of hydrogen-bond donors (Lipinski definition) is 0. The molecule has 1 aromatic heterocycles. The maximum atomic E-state index is 5.68. The minimum Gasteiger partial charge on any atom is -0.476 e. The Morgan fingerprint density at radius 1 is 1.47 bits per heavy atom. The highest BCUT2D eigenvalue weighted by molar-refractivity contribution is 9.10. The van der Waals surface area contributed by atoms with Crippen molar-refractivity contribution >= 4 is 21.6 Å². The standard InChI is InChI=1S/C12H17BrN2O2/c1-2-5-17-12-11(8-10(13)9-14-12)15-3-6-16-7-4-15/h8-9H,2-7H2,1H3. The van der Waals surface area contributed by atoms with Gasteiger partial charge in [0.25, 0.3) is 0 Å². The zero-order valence-corrected chi connectivity index (χ0v) is 11.6. The summed E-state index contributed by atoms with van der Waals surface area (Å²) in [7, 11) is 0. The van der Waals surface area contributed by atoms with Crippen molar-refractivity contribution in [2.75, 3.05) is 37.8 Å². The predicted molar refractivity (Wildman–Crippen MR) is 70.8 cm³/mol. The minimum absolute atomic E-state index is 0.700. The Kier molecular flexibility index (Phi) is 4.62. The lowest BCUT2D eigenvalue weighted by molar-refractivity contribution is 0.122. The monoisotopic (exact) mass is 300 g/mol. The van der Waals surface area contributed by atoms with Crippen molar-refractivity contribution in [3.05, 3.63) is 16.7 Å². The van der Waals surface area contributed by atoms with E-state index in [0.717, 1.165) is 48.8 Å². The fourth-order valence-corrected chi connectivity index (χ4v) is 2.08. The Morgan fingerprint density at radius 2 is 2.24 bits per heavy atom. The molecule has 1 aromatic rings. The van der Waals surface area contributed by atoms with Gasteiger partial charge < -0.3 is 14.4 Å². The molecular formula is C12H17BrN2O2. The SMILES string of the molecule is CCCOc1ncc(Br)cc1N1CCOCC1. The molecule has 2 rings (SSSR count). The molecule has 5 heteroatoms. The first-order chi connectivity index (χ1) is 8.31. The van der Waals surface area contributed by atoms with Crippen LogP contribution in [0.25, 0.3) is 0 Å². The minimum atomic E-state index is 0.700. The summed E-state index contributed by atoms with van der Waals surface area (Å²) in [6.07, 6.45) is 2.76. The van der Waals surface area contributed by atoms with Crippen LogP contribution in [-0.2, 0) is 4.74 Å². The lowest BCUT2D eigenvalue weighted by Crippen LogP contribution is -2.36. The Balaban J connectivity index is 2.19. The van der Waals surface area contributed by atoms with E-state index in [1.807, 2.05) is 0 Å². The van der Waals surface area contributed by atoms with E-state index >= 15 is 0 Å².